The number of nitrogens with two attached hydrogens (primary N) is 1. The second kappa shape index (κ2) is 3.23. The fraction of sp³-hybridized carbons (Fsp3) is 0.750. The van der Waals surface area contributed by atoms with E-state index in [0.29, 0.717) is 18.3 Å². The third kappa shape index (κ3) is 1.36. The van der Waals surface area contributed by atoms with Gasteiger partial charge >= 0.3 is 0 Å². The van der Waals surface area contributed by atoms with E-state index >= 15 is 0 Å². The van der Waals surface area contributed by atoms with Crippen LogP contribution in [0.25, 0.3) is 0 Å². The van der Waals surface area contributed by atoms with Gasteiger partial charge in [0.05, 0.1) is 18.8 Å². The third-order valence-electron chi connectivity index (χ3n) is 4.46. The standard InChI is InChI=1S/C12H21N3O/c1-11(2)10(12(11,3)4)8-7-9(13)15(14-8)5-6-16/h7,10,16H,5-6,13H2,1-4H3. The van der Waals surface area contributed by atoms with Crippen LogP contribution >= 0.6 is 0 Å². The zero-order valence-electron chi connectivity index (χ0n) is 10.5. The minimum atomic E-state index is 0.0722. The smallest absolute Gasteiger partial charge is 0.122 e. The van der Waals surface area contributed by atoms with Gasteiger partial charge in [-0.1, -0.05) is 27.7 Å². The monoisotopic (exact) mass is 223 g/mol. The van der Waals surface area contributed by atoms with Crippen molar-refractivity contribution < 1.29 is 5.11 Å². The van der Waals surface area contributed by atoms with E-state index in [1.165, 1.54) is 0 Å². The molecule has 0 aromatic carbocycles. The first-order valence-electron chi connectivity index (χ1n) is 5.76. The van der Waals surface area contributed by atoms with Crippen LogP contribution in [0.2, 0.25) is 0 Å². The second-order valence-electron chi connectivity index (χ2n) is 5.82. The molecule has 0 bridgehead atoms. The second-order valence-corrected chi connectivity index (χ2v) is 5.82. The van der Waals surface area contributed by atoms with E-state index in [1.807, 2.05) is 6.07 Å². The fourth-order valence-corrected chi connectivity index (χ4v) is 2.80. The Morgan fingerprint density at radius 1 is 1.38 bits per heavy atom. The van der Waals surface area contributed by atoms with Crippen molar-refractivity contribution >= 4 is 5.82 Å². The summed E-state index contributed by atoms with van der Waals surface area (Å²) < 4.78 is 1.68. The van der Waals surface area contributed by atoms with Gasteiger partial charge in [-0.25, -0.2) is 4.68 Å². The minimum Gasteiger partial charge on any atom is -0.394 e. The van der Waals surface area contributed by atoms with Crippen LogP contribution in [0.5, 0.6) is 0 Å². The summed E-state index contributed by atoms with van der Waals surface area (Å²) in [5.74, 6) is 1.10. The molecule has 1 aliphatic carbocycles. The Hall–Kier alpha value is -1.03. The van der Waals surface area contributed by atoms with Gasteiger partial charge in [-0.15, -0.1) is 0 Å². The van der Waals surface area contributed by atoms with Crippen molar-refractivity contribution in [1.82, 2.24) is 9.78 Å². The number of aliphatic hydroxyl groups excluding tert-OH is 1. The lowest BCUT2D eigenvalue weighted by molar-refractivity contribution is 0.270. The van der Waals surface area contributed by atoms with Gasteiger partial charge in [-0.05, 0) is 10.8 Å². The molecule has 0 atom stereocenters. The van der Waals surface area contributed by atoms with Crippen molar-refractivity contribution in [3.05, 3.63) is 11.8 Å². The number of aromatic nitrogens is 2. The molecule has 0 spiro atoms. The Kier molecular flexibility index (Phi) is 2.31. The average molecular weight is 223 g/mol. The summed E-state index contributed by atoms with van der Waals surface area (Å²) in [6.45, 7) is 9.60. The van der Waals surface area contributed by atoms with Gasteiger partial charge in [0.1, 0.15) is 5.82 Å². The first-order valence-corrected chi connectivity index (χ1v) is 5.76. The molecule has 1 heterocycles. The molecule has 0 unspecified atom stereocenters. The van der Waals surface area contributed by atoms with E-state index in [4.69, 9.17) is 10.8 Å². The van der Waals surface area contributed by atoms with Crippen LogP contribution in [0.3, 0.4) is 0 Å². The molecule has 0 aliphatic heterocycles. The van der Waals surface area contributed by atoms with Crippen LogP contribution in [0.1, 0.15) is 39.3 Å². The van der Waals surface area contributed by atoms with E-state index in [9.17, 15) is 0 Å². The molecule has 2 rings (SSSR count). The van der Waals surface area contributed by atoms with Gasteiger partial charge in [0.2, 0.25) is 0 Å². The molecule has 16 heavy (non-hydrogen) atoms. The van der Waals surface area contributed by atoms with Gasteiger partial charge in [-0.3, -0.25) is 0 Å². The van der Waals surface area contributed by atoms with Crippen LogP contribution in [0.15, 0.2) is 6.07 Å². The molecule has 4 heteroatoms. The zero-order valence-corrected chi connectivity index (χ0v) is 10.5. The average Bonchev–Trinajstić information content (AvgIpc) is 2.42. The summed E-state index contributed by atoms with van der Waals surface area (Å²) >= 11 is 0. The molecule has 1 saturated carbocycles. The van der Waals surface area contributed by atoms with Crippen molar-refractivity contribution in [2.45, 2.75) is 40.2 Å². The predicted molar refractivity (Wildman–Crippen MR) is 64.0 cm³/mol. The van der Waals surface area contributed by atoms with Gasteiger partial charge in [0.25, 0.3) is 0 Å². The third-order valence-corrected chi connectivity index (χ3v) is 4.46. The Morgan fingerprint density at radius 2 is 1.94 bits per heavy atom. The van der Waals surface area contributed by atoms with Crippen LogP contribution in [0.4, 0.5) is 5.82 Å². The maximum Gasteiger partial charge on any atom is 0.122 e. The van der Waals surface area contributed by atoms with E-state index in [-0.39, 0.29) is 17.4 Å². The molecular formula is C12H21N3O. The van der Waals surface area contributed by atoms with Crippen molar-refractivity contribution in [3.8, 4) is 0 Å². The van der Waals surface area contributed by atoms with Gasteiger partial charge in [0.15, 0.2) is 0 Å². The molecule has 0 saturated heterocycles. The lowest BCUT2D eigenvalue weighted by Gasteiger charge is -2.03. The molecule has 1 aromatic heterocycles. The summed E-state index contributed by atoms with van der Waals surface area (Å²) in [5, 5.41) is 13.4. The number of nitrogens with zero attached hydrogens (tertiary/aromatic N) is 2. The summed E-state index contributed by atoms with van der Waals surface area (Å²) in [6.07, 6.45) is 0. The van der Waals surface area contributed by atoms with Crippen molar-refractivity contribution in [2.24, 2.45) is 10.8 Å². The summed E-state index contributed by atoms with van der Waals surface area (Å²) in [6, 6.07) is 1.94. The maximum absolute atomic E-state index is 8.90. The van der Waals surface area contributed by atoms with Crippen LogP contribution in [-0.4, -0.2) is 21.5 Å². The van der Waals surface area contributed by atoms with Crippen LogP contribution in [-0.2, 0) is 6.54 Å². The minimum absolute atomic E-state index is 0.0722. The van der Waals surface area contributed by atoms with Crippen molar-refractivity contribution in [1.29, 1.82) is 0 Å². The lowest BCUT2D eigenvalue weighted by atomic mass is 10.0. The topological polar surface area (TPSA) is 64.1 Å². The molecule has 1 fully saturated rings. The molecule has 0 amide bonds. The highest BCUT2D eigenvalue weighted by atomic mass is 16.3. The Morgan fingerprint density at radius 3 is 2.38 bits per heavy atom. The van der Waals surface area contributed by atoms with Gasteiger partial charge in [0, 0.05) is 12.0 Å². The maximum atomic E-state index is 8.90. The van der Waals surface area contributed by atoms with Crippen molar-refractivity contribution in [3.63, 3.8) is 0 Å². The fourth-order valence-electron chi connectivity index (χ4n) is 2.80. The quantitative estimate of drug-likeness (QED) is 0.818. The number of hydrogen-bond donors (Lipinski definition) is 2. The number of nitrogen functional groups attached to an aromatic ring is 1. The summed E-state index contributed by atoms with van der Waals surface area (Å²) in [5.41, 5.74) is 7.47. The molecule has 4 nitrogen and oxygen atoms in total. The van der Waals surface area contributed by atoms with E-state index < -0.39 is 0 Å². The number of anilines is 1. The highest BCUT2D eigenvalue weighted by Crippen LogP contribution is 2.73. The first-order chi connectivity index (χ1) is 7.32. The normalized spacial score (nSPS) is 22.3. The molecular weight excluding hydrogens is 202 g/mol. The molecule has 0 radical (unpaired) electrons. The van der Waals surface area contributed by atoms with Gasteiger partial charge < -0.3 is 10.8 Å². The number of rotatable bonds is 3. The van der Waals surface area contributed by atoms with Crippen molar-refractivity contribution in [2.75, 3.05) is 12.3 Å². The van der Waals surface area contributed by atoms with Crippen LogP contribution in [0, 0.1) is 10.8 Å². The van der Waals surface area contributed by atoms with Crippen LogP contribution < -0.4 is 5.73 Å². The highest BCUT2D eigenvalue weighted by molar-refractivity contribution is 5.38. The zero-order chi connectivity index (χ0) is 12.1. The molecule has 1 aliphatic rings. The lowest BCUT2D eigenvalue weighted by Crippen LogP contribution is -2.07. The SMILES string of the molecule is CC1(C)C(c2cc(N)n(CCO)n2)C1(C)C. The first kappa shape index (κ1) is 11.5. The molecule has 3 N–H and O–H groups in total. The molecule has 1 aromatic rings. The van der Waals surface area contributed by atoms with E-state index in [0.717, 1.165) is 5.69 Å². The van der Waals surface area contributed by atoms with E-state index in [2.05, 4.69) is 32.8 Å². The van der Waals surface area contributed by atoms with Gasteiger partial charge in [-0.2, -0.15) is 5.10 Å². The Labute approximate surface area is 96.5 Å². The molecule has 90 valence electrons. The largest absolute Gasteiger partial charge is 0.394 e. The Balaban J connectivity index is 2.28. The summed E-state index contributed by atoms with van der Waals surface area (Å²) in [4.78, 5) is 0. The number of hydrogen-bond acceptors (Lipinski definition) is 3. The Bertz CT molecular complexity index is 392. The number of aliphatic hydroxyl groups is 1. The van der Waals surface area contributed by atoms with E-state index in [1.54, 1.807) is 4.68 Å². The predicted octanol–water partition coefficient (Wildman–Crippen LogP) is 1.61. The highest BCUT2D eigenvalue weighted by Gasteiger charge is 2.66. The summed E-state index contributed by atoms with van der Waals surface area (Å²) in [7, 11) is 0.